The minimum absolute atomic E-state index is 0.0209. The molecule has 0 aliphatic heterocycles. The molecule has 0 fully saturated rings. The normalized spacial score (nSPS) is 12.7. The Balaban J connectivity index is 3.16. The highest BCUT2D eigenvalue weighted by atomic mass is 16.5. The molecule has 0 aliphatic carbocycles. The first-order valence-electron chi connectivity index (χ1n) is 4.16. The minimum Gasteiger partial charge on any atom is -0.393 e. The molecule has 0 saturated carbocycles. The van der Waals surface area contributed by atoms with E-state index >= 15 is 0 Å². The van der Waals surface area contributed by atoms with E-state index in [-0.39, 0.29) is 11.7 Å². The van der Waals surface area contributed by atoms with Crippen LogP contribution in [0.2, 0.25) is 0 Å². The first kappa shape index (κ1) is 10.5. The lowest BCUT2D eigenvalue weighted by Crippen LogP contribution is -2.33. The van der Waals surface area contributed by atoms with Gasteiger partial charge in [-0.25, -0.2) is 4.79 Å². The van der Waals surface area contributed by atoms with Crippen molar-refractivity contribution >= 4 is 5.69 Å². The zero-order valence-electron chi connectivity index (χ0n) is 8.11. The maximum Gasteiger partial charge on any atom is 0.328 e. The summed E-state index contributed by atoms with van der Waals surface area (Å²) in [6, 6.07) is -0.161. The Bertz CT molecular complexity index is 421. The fraction of sp³-hybridized carbons (Fsp3) is 0.500. The summed E-state index contributed by atoms with van der Waals surface area (Å²) in [6.45, 7) is 2.17. The van der Waals surface area contributed by atoms with Gasteiger partial charge in [0.15, 0.2) is 0 Å². The Morgan fingerprint density at radius 1 is 1.64 bits per heavy atom. The summed E-state index contributed by atoms with van der Waals surface area (Å²) in [5, 5.41) is 0. The van der Waals surface area contributed by atoms with Gasteiger partial charge in [0, 0.05) is 13.3 Å². The molecule has 1 aromatic heterocycles. The lowest BCUT2D eigenvalue weighted by Gasteiger charge is -2.13. The molecule has 0 spiro atoms. The summed E-state index contributed by atoms with van der Waals surface area (Å²) in [5.74, 6) is 0. The highest BCUT2D eigenvalue weighted by Gasteiger charge is 2.07. The Morgan fingerprint density at radius 3 is 2.86 bits per heavy atom. The Morgan fingerprint density at radius 2 is 2.29 bits per heavy atom. The molecule has 78 valence electrons. The van der Waals surface area contributed by atoms with Gasteiger partial charge in [-0.2, -0.15) is 0 Å². The average Bonchev–Trinajstić information content (AvgIpc) is 2.11. The van der Waals surface area contributed by atoms with E-state index in [9.17, 15) is 9.59 Å². The monoisotopic (exact) mass is 199 g/mol. The molecule has 0 amide bonds. The van der Waals surface area contributed by atoms with Gasteiger partial charge in [-0.15, -0.1) is 0 Å². The van der Waals surface area contributed by atoms with E-state index in [0.717, 1.165) is 0 Å². The van der Waals surface area contributed by atoms with Gasteiger partial charge in [0.25, 0.3) is 5.56 Å². The van der Waals surface area contributed by atoms with Gasteiger partial charge in [0.05, 0.1) is 12.6 Å². The summed E-state index contributed by atoms with van der Waals surface area (Å²) in [5.41, 5.74) is 4.36. The Labute approximate surface area is 80.3 Å². The zero-order chi connectivity index (χ0) is 10.7. The van der Waals surface area contributed by atoms with E-state index in [1.165, 1.54) is 17.9 Å². The third-order valence-electron chi connectivity index (χ3n) is 1.88. The molecule has 14 heavy (non-hydrogen) atoms. The van der Waals surface area contributed by atoms with Crippen LogP contribution in [0.4, 0.5) is 5.69 Å². The standard InChI is InChI=1S/C8H13N3O3/c1-5(4-14-2)11-3-6(9)7(12)10-8(11)13/h3,5H,4,9H2,1-2H3,(H,10,12,13). The number of hydrogen-bond acceptors (Lipinski definition) is 4. The molecule has 0 aliphatic rings. The van der Waals surface area contributed by atoms with Crippen molar-refractivity contribution in [2.45, 2.75) is 13.0 Å². The van der Waals surface area contributed by atoms with Gasteiger partial charge < -0.3 is 10.5 Å². The second kappa shape index (κ2) is 4.10. The summed E-state index contributed by atoms with van der Waals surface area (Å²) in [4.78, 5) is 24.4. The van der Waals surface area contributed by atoms with Crippen LogP contribution in [0.3, 0.4) is 0 Å². The first-order chi connectivity index (χ1) is 6.56. The molecule has 6 heteroatoms. The number of methoxy groups -OCH3 is 1. The van der Waals surface area contributed by atoms with Crippen LogP contribution in [-0.2, 0) is 4.74 Å². The van der Waals surface area contributed by atoms with E-state index in [0.29, 0.717) is 6.61 Å². The van der Waals surface area contributed by atoms with Gasteiger partial charge in [-0.05, 0) is 6.92 Å². The Kier molecular flexibility index (Phi) is 3.08. The van der Waals surface area contributed by atoms with Crippen molar-refractivity contribution in [1.29, 1.82) is 0 Å². The molecule has 0 aromatic carbocycles. The largest absolute Gasteiger partial charge is 0.393 e. The van der Waals surface area contributed by atoms with E-state index in [1.807, 2.05) is 0 Å². The van der Waals surface area contributed by atoms with Crippen LogP contribution in [-0.4, -0.2) is 23.3 Å². The van der Waals surface area contributed by atoms with E-state index < -0.39 is 11.2 Å². The van der Waals surface area contributed by atoms with Crippen LogP contribution < -0.4 is 17.0 Å². The third-order valence-corrected chi connectivity index (χ3v) is 1.88. The van der Waals surface area contributed by atoms with Crippen molar-refractivity contribution in [1.82, 2.24) is 9.55 Å². The predicted molar refractivity (Wildman–Crippen MR) is 52.3 cm³/mol. The van der Waals surface area contributed by atoms with Crippen LogP contribution in [0.25, 0.3) is 0 Å². The predicted octanol–water partition coefficient (Wildman–Crippen LogP) is -0.674. The van der Waals surface area contributed by atoms with Gasteiger partial charge in [-0.1, -0.05) is 0 Å². The second-order valence-electron chi connectivity index (χ2n) is 3.06. The smallest absolute Gasteiger partial charge is 0.328 e. The number of H-pyrrole nitrogens is 1. The zero-order valence-corrected chi connectivity index (χ0v) is 8.11. The molecule has 6 nitrogen and oxygen atoms in total. The summed E-state index contributed by atoms with van der Waals surface area (Å²) in [6.07, 6.45) is 1.32. The quantitative estimate of drug-likeness (QED) is 0.675. The average molecular weight is 199 g/mol. The Hall–Kier alpha value is -1.56. The lowest BCUT2D eigenvalue weighted by molar-refractivity contribution is 0.160. The molecule has 1 heterocycles. The fourth-order valence-corrected chi connectivity index (χ4v) is 1.15. The van der Waals surface area contributed by atoms with Gasteiger partial charge in [-0.3, -0.25) is 14.3 Å². The number of ether oxygens (including phenoxy) is 1. The van der Waals surface area contributed by atoms with Crippen molar-refractivity contribution in [3.05, 3.63) is 27.0 Å². The topological polar surface area (TPSA) is 90.1 Å². The molecular formula is C8H13N3O3. The van der Waals surface area contributed by atoms with Crippen molar-refractivity contribution < 1.29 is 4.74 Å². The molecule has 1 unspecified atom stereocenters. The SMILES string of the molecule is COCC(C)n1cc(N)c(=O)[nH]c1=O. The number of aromatic amines is 1. The number of anilines is 1. The minimum atomic E-state index is -0.559. The highest BCUT2D eigenvalue weighted by Crippen LogP contribution is 2.01. The lowest BCUT2D eigenvalue weighted by atomic mass is 10.3. The van der Waals surface area contributed by atoms with E-state index in [4.69, 9.17) is 10.5 Å². The highest BCUT2D eigenvalue weighted by molar-refractivity contribution is 5.30. The van der Waals surface area contributed by atoms with Crippen molar-refractivity contribution in [2.75, 3.05) is 19.5 Å². The summed E-state index contributed by atoms with van der Waals surface area (Å²) >= 11 is 0. The third kappa shape index (κ3) is 2.02. The maximum atomic E-state index is 11.3. The van der Waals surface area contributed by atoms with Crippen LogP contribution in [0.1, 0.15) is 13.0 Å². The van der Waals surface area contributed by atoms with E-state index in [1.54, 1.807) is 6.92 Å². The molecule has 1 atom stereocenters. The fourth-order valence-electron chi connectivity index (χ4n) is 1.15. The molecule has 3 N–H and O–H groups in total. The van der Waals surface area contributed by atoms with Gasteiger partial charge in [0.1, 0.15) is 5.69 Å². The van der Waals surface area contributed by atoms with Crippen molar-refractivity contribution in [3.63, 3.8) is 0 Å². The number of nitrogens with one attached hydrogen (secondary N) is 1. The maximum absolute atomic E-state index is 11.3. The van der Waals surface area contributed by atoms with Gasteiger partial charge in [0.2, 0.25) is 0 Å². The number of nitrogen functional groups attached to an aromatic ring is 1. The van der Waals surface area contributed by atoms with Crippen LogP contribution >= 0.6 is 0 Å². The molecular weight excluding hydrogens is 186 g/mol. The number of hydrogen-bond donors (Lipinski definition) is 2. The van der Waals surface area contributed by atoms with Crippen molar-refractivity contribution in [2.24, 2.45) is 0 Å². The first-order valence-corrected chi connectivity index (χ1v) is 4.16. The molecule has 0 bridgehead atoms. The molecule has 1 rings (SSSR count). The number of aromatic nitrogens is 2. The number of nitrogens with zero attached hydrogens (tertiary/aromatic N) is 1. The summed E-state index contributed by atoms with van der Waals surface area (Å²) < 4.78 is 6.22. The summed E-state index contributed by atoms with van der Waals surface area (Å²) in [7, 11) is 1.54. The molecule has 1 aromatic rings. The van der Waals surface area contributed by atoms with Gasteiger partial charge >= 0.3 is 5.69 Å². The number of rotatable bonds is 3. The molecule has 0 radical (unpaired) electrons. The van der Waals surface area contributed by atoms with Crippen LogP contribution in [0.15, 0.2) is 15.8 Å². The van der Waals surface area contributed by atoms with Crippen LogP contribution in [0, 0.1) is 0 Å². The number of nitrogens with two attached hydrogens (primary N) is 1. The van der Waals surface area contributed by atoms with E-state index in [2.05, 4.69) is 4.98 Å². The molecule has 0 saturated heterocycles. The van der Waals surface area contributed by atoms with Crippen molar-refractivity contribution in [3.8, 4) is 0 Å². The van der Waals surface area contributed by atoms with Crippen LogP contribution in [0.5, 0.6) is 0 Å². The second-order valence-corrected chi connectivity index (χ2v) is 3.06.